The van der Waals surface area contributed by atoms with Gasteiger partial charge in [0, 0.05) is 5.56 Å². The first-order valence-electron chi connectivity index (χ1n) is 10.1. The van der Waals surface area contributed by atoms with Crippen LogP contribution in [0.25, 0.3) is 0 Å². The van der Waals surface area contributed by atoms with Gasteiger partial charge < -0.3 is 5.73 Å². The van der Waals surface area contributed by atoms with Crippen molar-refractivity contribution in [1.29, 1.82) is 0 Å². The number of hydrogen-bond acceptors (Lipinski definition) is 5. The highest BCUT2D eigenvalue weighted by Gasteiger charge is 2.60. The van der Waals surface area contributed by atoms with Gasteiger partial charge in [-0.1, -0.05) is 59.6 Å². The lowest BCUT2D eigenvalue weighted by Crippen LogP contribution is -2.37. The Morgan fingerprint density at radius 3 is 2.09 bits per heavy atom. The third kappa shape index (κ3) is 3.45. The largest absolute Gasteiger partial charge is 0.366 e. The molecule has 2 aliphatic rings. The van der Waals surface area contributed by atoms with Crippen molar-refractivity contribution in [2.24, 2.45) is 11.7 Å². The molecule has 3 amide bonds. The van der Waals surface area contributed by atoms with Crippen LogP contribution in [0.2, 0.25) is 10.0 Å². The van der Waals surface area contributed by atoms with Gasteiger partial charge in [0.1, 0.15) is 5.92 Å². The molecule has 2 heterocycles. The molecule has 0 saturated carbocycles. The van der Waals surface area contributed by atoms with Crippen LogP contribution < -0.4 is 15.7 Å². The Labute approximate surface area is 199 Å². The van der Waals surface area contributed by atoms with Crippen LogP contribution in [-0.4, -0.2) is 23.8 Å². The zero-order valence-electron chi connectivity index (χ0n) is 17.0. The lowest BCUT2D eigenvalue weighted by molar-refractivity contribution is -0.126. The van der Waals surface area contributed by atoms with Gasteiger partial charge in [-0.3, -0.25) is 19.2 Å². The maximum absolute atomic E-state index is 13.6. The lowest BCUT2D eigenvalue weighted by atomic mass is 9.90. The summed E-state index contributed by atoms with van der Waals surface area (Å²) in [4.78, 5) is 45.6. The first-order chi connectivity index (χ1) is 15.9. The number of anilines is 2. The van der Waals surface area contributed by atoms with Crippen LogP contribution in [0.5, 0.6) is 0 Å². The molecular weight excluding hydrogens is 465 g/mol. The highest BCUT2D eigenvalue weighted by atomic mass is 35.5. The predicted octanol–water partition coefficient (Wildman–Crippen LogP) is 4.14. The van der Waals surface area contributed by atoms with Crippen LogP contribution in [0, 0.1) is 5.92 Å². The van der Waals surface area contributed by atoms with Gasteiger partial charge in [-0.25, -0.2) is 9.96 Å². The second kappa shape index (κ2) is 8.19. The molecule has 2 N–H and O–H groups in total. The normalized spacial score (nSPS) is 22.1. The highest BCUT2D eigenvalue weighted by molar-refractivity contribution is 6.42. The summed E-state index contributed by atoms with van der Waals surface area (Å²) in [5.41, 5.74) is 7.21. The minimum atomic E-state index is -1.06. The highest BCUT2D eigenvalue weighted by Crippen LogP contribution is 2.49. The second-order valence-corrected chi connectivity index (χ2v) is 8.54. The van der Waals surface area contributed by atoms with E-state index in [1.54, 1.807) is 47.5 Å². The van der Waals surface area contributed by atoms with E-state index < -0.39 is 35.8 Å². The maximum atomic E-state index is 13.6. The van der Waals surface area contributed by atoms with E-state index in [9.17, 15) is 14.4 Å². The SMILES string of the molecule is NC(=O)c1ccc([C@@H]2[C@H]3C(=O)N(c4c(Cl)cccc4Cl)C(=O)[C@H]3ON2c2ccccc2)cc1. The summed E-state index contributed by atoms with van der Waals surface area (Å²) in [7, 11) is 0. The van der Waals surface area contributed by atoms with Gasteiger partial charge in [0.05, 0.1) is 27.5 Å². The van der Waals surface area contributed by atoms with E-state index in [0.717, 1.165) is 4.90 Å². The Bertz CT molecular complexity index is 1250. The number of hydrogen-bond donors (Lipinski definition) is 1. The van der Waals surface area contributed by atoms with E-state index in [0.29, 0.717) is 16.8 Å². The Morgan fingerprint density at radius 1 is 0.848 bits per heavy atom. The molecule has 3 atom stereocenters. The average Bonchev–Trinajstić information content (AvgIpc) is 3.31. The van der Waals surface area contributed by atoms with Gasteiger partial charge in [-0.15, -0.1) is 0 Å². The Morgan fingerprint density at radius 2 is 1.48 bits per heavy atom. The molecule has 2 saturated heterocycles. The summed E-state index contributed by atoms with van der Waals surface area (Å²) in [6, 6.07) is 19.9. The zero-order chi connectivity index (χ0) is 23.3. The molecule has 0 unspecified atom stereocenters. The minimum absolute atomic E-state index is 0.142. The quantitative estimate of drug-likeness (QED) is 0.565. The number of benzene rings is 3. The fourth-order valence-electron chi connectivity index (χ4n) is 4.32. The van der Waals surface area contributed by atoms with E-state index in [4.69, 9.17) is 33.8 Å². The molecule has 0 radical (unpaired) electrons. The molecule has 0 aliphatic carbocycles. The van der Waals surface area contributed by atoms with E-state index in [1.807, 2.05) is 30.3 Å². The van der Waals surface area contributed by atoms with E-state index in [2.05, 4.69) is 0 Å². The number of hydroxylamine groups is 1. The van der Waals surface area contributed by atoms with Gasteiger partial charge in [-0.05, 0) is 42.0 Å². The van der Waals surface area contributed by atoms with Crippen LogP contribution in [0.1, 0.15) is 22.0 Å². The second-order valence-electron chi connectivity index (χ2n) is 7.73. The fourth-order valence-corrected chi connectivity index (χ4v) is 4.89. The van der Waals surface area contributed by atoms with Gasteiger partial charge in [0.2, 0.25) is 11.8 Å². The fraction of sp³-hybridized carbons (Fsp3) is 0.125. The Hall–Kier alpha value is -3.39. The molecule has 9 heteroatoms. The lowest BCUT2D eigenvalue weighted by Gasteiger charge is -2.29. The molecule has 0 bridgehead atoms. The van der Waals surface area contributed by atoms with Crippen LogP contribution in [-0.2, 0) is 14.4 Å². The van der Waals surface area contributed by atoms with Crippen molar-refractivity contribution in [3.63, 3.8) is 0 Å². The van der Waals surface area contributed by atoms with Crippen LogP contribution in [0.3, 0.4) is 0 Å². The molecule has 166 valence electrons. The minimum Gasteiger partial charge on any atom is -0.366 e. The smallest absolute Gasteiger partial charge is 0.266 e. The first kappa shape index (κ1) is 21.5. The maximum Gasteiger partial charge on any atom is 0.266 e. The summed E-state index contributed by atoms with van der Waals surface area (Å²) in [6.07, 6.45) is -1.06. The van der Waals surface area contributed by atoms with Crippen molar-refractivity contribution in [3.8, 4) is 0 Å². The number of primary amides is 1. The number of nitrogens with zero attached hydrogens (tertiary/aromatic N) is 2. The molecule has 7 nitrogen and oxygen atoms in total. The Kier molecular flexibility index (Phi) is 5.32. The standard InChI is InChI=1S/C24H17Cl2N3O4/c25-16-7-4-8-17(26)20(16)28-23(31)18-19(13-9-11-14(12-10-13)22(27)30)29(33-21(18)24(28)32)15-5-2-1-3-6-15/h1-12,18-19,21H,(H2,27,30)/t18-,19-,21+/m1/s1. The average molecular weight is 482 g/mol. The molecule has 2 aliphatic heterocycles. The predicted molar refractivity (Wildman–Crippen MR) is 124 cm³/mol. The number of halogens is 2. The van der Waals surface area contributed by atoms with E-state index >= 15 is 0 Å². The number of amides is 3. The van der Waals surface area contributed by atoms with E-state index in [1.165, 1.54) is 0 Å². The summed E-state index contributed by atoms with van der Waals surface area (Å²) in [5.74, 6) is -2.43. The molecule has 0 spiro atoms. The van der Waals surface area contributed by atoms with Gasteiger partial charge in [-0.2, -0.15) is 0 Å². The van der Waals surface area contributed by atoms with Crippen LogP contribution >= 0.6 is 23.2 Å². The summed E-state index contributed by atoms with van der Waals surface area (Å²) in [5, 5.41) is 1.94. The number of para-hydroxylation sites is 2. The number of fused-ring (bicyclic) bond motifs is 1. The van der Waals surface area contributed by atoms with Crippen molar-refractivity contribution >= 4 is 52.3 Å². The summed E-state index contributed by atoms with van der Waals surface area (Å²) < 4.78 is 0. The van der Waals surface area contributed by atoms with Crippen molar-refractivity contribution in [2.45, 2.75) is 12.1 Å². The Balaban J connectivity index is 1.60. The number of imide groups is 1. The van der Waals surface area contributed by atoms with Crippen molar-refractivity contribution in [3.05, 3.63) is 94.0 Å². The van der Waals surface area contributed by atoms with Gasteiger partial charge in [0.15, 0.2) is 6.10 Å². The molecular formula is C24H17Cl2N3O4. The number of rotatable bonds is 4. The van der Waals surface area contributed by atoms with Gasteiger partial charge >= 0.3 is 0 Å². The molecule has 33 heavy (non-hydrogen) atoms. The summed E-state index contributed by atoms with van der Waals surface area (Å²) >= 11 is 12.6. The van der Waals surface area contributed by atoms with Crippen molar-refractivity contribution in [1.82, 2.24) is 0 Å². The molecule has 5 rings (SSSR count). The third-order valence-corrected chi connectivity index (χ3v) is 6.43. The number of carbonyl (C=O) groups excluding carboxylic acids is 3. The molecule has 3 aromatic carbocycles. The van der Waals surface area contributed by atoms with E-state index in [-0.39, 0.29) is 15.7 Å². The van der Waals surface area contributed by atoms with Crippen molar-refractivity contribution in [2.75, 3.05) is 9.96 Å². The molecule has 2 fully saturated rings. The van der Waals surface area contributed by atoms with Crippen LogP contribution in [0.4, 0.5) is 11.4 Å². The topological polar surface area (TPSA) is 92.9 Å². The number of nitrogens with two attached hydrogens (primary N) is 1. The summed E-state index contributed by atoms with van der Waals surface area (Å²) in [6.45, 7) is 0. The molecule has 3 aromatic rings. The monoisotopic (exact) mass is 481 g/mol. The van der Waals surface area contributed by atoms with Gasteiger partial charge in [0.25, 0.3) is 5.91 Å². The van der Waals surface area contributed by atoms with Crippen molar-refractivity contribution < 1.29 is 19.2 Å². The molecule has 0 aromatic heterocycles. The van der Waals surface area contributed by atoms with Crippen LogP contribution in [0.15, 0.2) is 72.8 Å². The zero-order valence-corrected chi connectivity index (χ0v) is 18.5. The third-order valence-electron chi connectivity index (χ3n) is 5.82. The number of carbonyl (C=O) groups is 3. The first-order valence-corrected chi connectivity index (χ1v) is 10.9.